The average molecular weight is 262 g/mol. The van der Waals surface area contributed by atoms with E-state index in [1.165, 1.54) is 0 Å². The van der Waals surface area contributed by atoms with E-state index in [1.807, 2.05) is 37.3 Å². The summed E-state index contributed by atoms with van der Waals surface area (Å²) in [6.07, 6.45) is 2.66. The third kappa shape index (κ3) is 2.96. The quantitative estimate of drug-likeness (QED) is 0.751. The molecule has 1 saturated heterocycles. The van der Waals surface area contributed by atoms with E-state index in [-0.39, 0.29) is 18.6 Å². The van der Waals surface area contributed by atoms with Gasteiger partial charge in [0, 0.05) is 0 Å². The summed E-state index contributed by atoms with van der Waals surface area (Å²) in [7, 11) is 0. The lowest BCUT2D eigenvalue weighted by atomic mass is 9.92. The molecule has 1 unspecified atom stereocenters. The molecule has 0 spiro atoms. The smallest absolute Gasteiger partial charge is 0.240 e. The summed E-state index contributed by atoms with van der Waals surface area (Å²) in [6, 6.07) is 9.25. The molecule has 0 aromatic heterocycles. The van der Waals surface area contributed by atoms with Crippen LogP contribution in [-0.4, -0.2) is 29.7 Å². The maximum Gasteiger partial charge on any atom is 0.240 e. The first-order chi connectivity index (χ1) is 9.22. The van der Waals surface area contributed by atoms with Gasteiger partial charge >= 0.3 is 0 Å². The number of rotatable bonds is 5. The largest absolute Gasteiger partial charge is 0.394 e. The molecule has 1 amide bonds. The highest BCUT2D eigenvalue weighted by molar-refractivity contribution is 5.87. The predicted octanol–water partition coefficient (Wildman–Crippen LogP) is 1.37. The normalized spacial score (nSPS) is 24.1. The second-order valence-corrected chi connectivity index (χ2v) is 5.09. The van der Waals surface area contributed by atoms with E-state index in [9.17, 15) is 9.90 Å². The van der Waals surface area contributed by atoms with Gasteiger partial charge in [-0.1, -0.05) is 37.3 Å². The second-order valence-electron chi connectivity index (χ2n) is 5.09. The fraction of sp³-hybridized carbons (Fsp3) is 0.533. The van der Waals surface area contributed by atoms with Gasteiger partial charge in [-0.25, -0.2) is 0 Å². The van der Waals surface area contributed by atoms with Crippen molar-refractivity contribution in [3.8, 4) is 0 Å². The van der Waals surface area contributed by atoms with Crippen LogP contribution in [0.15, 0.2) is 30.3 Å². The summed E-state index contributed by atoms with van der Waals surface area (Å²) in [6.45, 7) is 2.82. The molecule has 1 fully saturated rings. The van der Waals surface area contributed by atoms with Crippen LogP contribution >= 0.6 is 0 Å². The standard InChI is InChI=1S/C15H22N2O2/c1-2-15(9-6-10-16-15)14(19)17-13(11-18)12-7-4-3-5-8-12/h3-5,7-8,13,16,18H,2,6,9-11H2,1H3,(H,17,19)/t13-,15?/m1/s1. The number of hydrogen-bond donors (Lipinski definition) is 3. The minimum absolute atomic E-state index is 0.00426. The van der Waals surface area contributed by atoms with Crippen LogP contribution in [0.1, 0.15) is 37.8 Å². The van der Waals surface area contributed by atoms with Crippen LogP contribution in [0.5, 0.6) is 0 Å². The zero-order valence-electron chi connectivity index (χ0n) is 11.4. The second kappa shape index (κ2) is 6.17. The Bertz CT molecular complexity index is 413. The van der Waals surface area contributed by atoms with Crippen molar-refractivity contribution in [1.29, 1.82) is 0 Å². The molecule has 0 aliphatic carbocycles. The van der Waals surface area contributed by atoms with E-state index in [4.69, 9.17) is 0 Å². The molecule has 1 aromatic carbocycles. The van der Waals surface area contributed by atoms with E-state index in [0.717, 1.165) is 31.4 Å². The molecule has 0 bridgehead atoms. The Kier molecular flexibility index (Phi) is 4.56. The zero-order valence-corrected chi connectivity index (χ0v) is 11.4. The molecule has 2 atom stereocenters. The summed E-state index contributed by atoms with van der Waals surface area (Å²) < 4.78 is 0. The van der Waals surface area contributed by atoms with Gasteiger partial charge in [0.15, 0.2) is 0 Å². The molecule has 1 heterocycles. The lowest BCUT2D eigenvalue weighted by Crippen LogP contribution is -2.54. The number of nitrogens with one attached hydrogen (secondary N) is 2. The van der Waals surface area contributed by atoms with E-state index < -0.39 is 5.54 Å². The number of benzene rings is 1. The van der Waals surface area contributed by atoms with Gasteiger partial charge in [0.2, 0.25) is 5.91 Å². The van der Waals surface area contributed by atoms with Gasteiger partial charge in [0.1, 0.15) is 0 Å². The van der Waals surface area contributed by atoms with Crippen LogP contribution in [0.2, 0.25) is 0 Å². The van der Waals surface area contributed by atoms with E-state index in [1.54, 1.807) is 0 Å². The fourth-order valence-corrected chi connectivity index (χ4v) is 2.68. The summed E-state index contributed by atoms with van der Waals surface area (Å²) >= 11 is 0. The van der Waals surface area contributed by atoms with Crippen molar-refractivity contribution in [3.63, 3.8) is 0 Å². The Hall–Kier alpha value is -1.39. The molecular formula is C15H22N2O2. The minimum Gasteiger partial charge on any atom is -0.394 e. The van der Waals surface area contributed by atoms with Crippen molar-refractivity contribution in [2.75, 3.05) is 13.2 Å². The molecule has 1 aliphatic heterocycles. The van der Waals surface area contributed by atoms with Gasteiger partial charge in [0.25, 0.3) is 0 Å². The van der Waals surface area contributed by atoms with Gasteiger partial charge in [-0.3, -0.25) is 4.79 Å². The van der Waals surface area contributed by atoms with Crippen LogP contribution in [0.4, 0.5) is 0 Å². The molecule has 0 radical (unpaired) electrons. The summed E-state index contributed by atoms with van der Waals surface area (Å²) in [5, 5.41) is 15.8. The first-order valence-corrected chi connectivity index (χ1v) is 6.93. The number of carbonyl (C=O) groups is 1. The number of aliphatic hydroxyl groups is 1. The Labute approximate surface area is 114 Å². The molecule has 2 rings (SSSR count). The number of carbonyl (C=O) groups excluding carboxylic acids is 1. The molecule has 19 heavy (non-hydrogen) atoms. The molecule has 1 aromatic rings. The molecule has 104 valence electrons. The van der Waals surface area contributed by atoms with E-state index >= 15 is 0 Å². The molecule has 4 heteroatoms. The van der Waals surface area contributed by atoms with E-state index in [0.29, 0.717) is 0 Å². The Morgan fingerprint density at radius 2 is 2.21 bits per heavy atom. The molecule has 1 aliphatic rings. The number of amides is 1. The van der Waals surface area contributed by atoms with Gasteiger partial charge < -0.3 is 15.7 Å². The first kappa shape index (κ1) is 14.0. The summed E-state index contributed by atoms with van der Waals surface area (Å²) in [5.41, 5.74) is 0.477. The first-order valence-electron chi connectivity index (χ1n) is 6.93. The molecular weight excluding hydrogens is 240 g/mol. The van der Waals surface area contributed by atoms with Crippen LogP contribution in [0.25, 0.3) is 0 Å². The van der Waals surface area contributed by atoms with Crippen LogP contribution in [-0.2, 0) is 4.79 Å². The maximum absolute atomic E-state index is 12.5. The topological polar surface area (TPSA) is 61.4 Å². The predicted molar refractivity (Wildman–Crippen MR) is 74.7 cm³/mol. The van der Waals surface area contributed by atoms with Gasteiger partial charge in [-0.15, -0.1) is 0 Å². The van der Waals surface area contributed by atoms with Crippen molar-refractivity contribution in [2.45, 2.75) is 37.8 Å². The highest BCUT2D eigenvalue weighted by Crippen LogP contribution is 2.24. The third-order valence-electron chi connectivity index (χ3n) is 3.97. The Morgan fingerprint density at radius 1 is 1.47 bits per heavy atom. The minimum atomic E-state index is -0.456. The number of aliphatic hydroxyl groups excluding tert-OH is 1. The fourth-order valence-electron chi connectivity index (χ4n) is 2.68. The van der Waals surface area contributed by atoms with E-state index in [2.05, 4.69) is 10.6 Å². The highest BCUT2D eigenvalue weighted by atomic mass is 16.3. The van der Waals surface area contributed by atoms with Crippen molar-refractivity contribution in [3.05, 3.63) is 35.9 Å². The summed E-state index contributed by atoms with van der Waals surface area (Å²) in [5.74, 6) is -0.00426. The lowest BCUT2D eigenvalue weighted by Gasteiger charge is -2.29. The van der Waals surface area contributed by atoms with Crippen molar-refractivity contribution < 1.29 is 9.90 Å². The SMILES string of the molecule is CCC1(C(=O)N[C@H](CO)c2ccccc2)CCCN1. The monoisotopic (exact) mass is 262 g/mol. The summed E-state index contributed by atoms with van der Waals surface area (Å²) in [4.78, 5) is 12.5. The van der Waals surface area contributed by atoms with Gasteiger partial charge in [0.05, 0.1) is 18.2 Å². The maximum atomic E-state index is 12.5. The average Bonchev–Trinajstić information content (AvgIpc) is 2.95. The molecule has 4 nitrogen and oxygen atoms in total. The zero-order chi connectivity index (χ0) is 13.7. The van der Waals surface area contributed by atoms with Crippen LogP contribution in [0.3, 0.4) is 0 Å². The van der Waals surface area contributed by atoms with Gasteiger partial charge in [-0.05, 0) is 31.4 Å². The highest BCUT2D eigenvalue weighted by Gasteiger charge is 2.39. The Morgan fingerprint density at radius 3 is 2.74 bits per heavy atom. The number of hydrogen-bond acceptors (Lipinski definition) is 3. The van der Waals surface area contributed by atoms with Crippen molar-refractivity contribution in [2.24, 2.45) is 0 Å². The molecule has 0 saturated carbocycles. The lowest BCUT2D eigenvalue weighted by molar-refractivity contribution is -0.128. The van der Waals surface area contributed by atoms with Crippen LogP contribution in [0, 0.1) is 0 Å². The third-order valence-corrected chi connectivity index (χ3v) is 3.97. The van der Waals surface area contributed by atoms with Crippen molar-refractivity contribution in [1.82, 2.24) is 10.6 Å². The van der Waals surface area contributed by atoms with Crippen molar-refractivity contribution >= 4 is 5.91 Å². The van der Waals surface area contributed by atoms with Gasteiger partial charge in [-0.2, -0.15) is 0 Å². The molecule has 3 N–H and O–H groups in total. The van der Waals surface area contributed by atoms with Crippen LogP contribution < -0.4 is 10.6 Å². The Balaban J connectivity index is 2.08.